The van der Waals surface area contributed by atoms with Crippen LogP contribution in [0.4, 0.5) is 8.78 Å². The number of methoxy groups -OCH3 is 1. The summed E-state index contributed by atoms with van der Waals surface area (Å²) in [5, 5.41) is 0.0832. The van der Waals surface area contributed by atoms with E-state index in [0.29, 0.717) is 16.7 Å². The van der Waals surface area contributed by atoms with Crippen LogP contribution in [0.25, 0.3) is 5.57 Å². The van der Waals surface area contributed by atoms with E-state index in [1.807, 2.05) is 42.5 Å². The van der Waals surface area contributed by atoms with Crippen LogP contribution in [0.5, 0.6) is 0 Å². The minimum absolute atomic E-state index is 0.0559. The van der Waals surface area contributed by atoms with Crippen molar-refractivity contribution in [3.63, 3.8) is 0 Å². The topological polar surface area (TPSA) is 9.23 Å². The lowest BCUT2D eigenvalue weighted by atomic mass is 9.59. The first kappa shape index (κ1) is 24.9. The Kier molecular flexibility index (Phi) is 6.63. The third-order valence-electron chi connectivity index (χ3n) is 7.07. The van der Waals surface area contributed by atoms with Crippen molar-refractivity contribution in [2.24, 2.45) is 0 Å². The molecule has 0 radical (unpaired) electrons. The first-order valence-corrected chi connectivity index (χ1v) is 12.8. The molecule has 4 aromatic rings. The molecule has 0 aromatic heterocycles. The third kappa shape index (κ3) is 3.35. The Morgan fingerprint density at radius 1 is 0.694 bits per heavy atom. The Morgan fingerprint density at radius 2 is 1.11 bits per heavy atom. The maximum atomic E-state index is 18.3. The van der Waals surface area contributed by atoms with E-state index in [1.165, 1.54) is 7.11 Å². The lowest BCUT2D eigenvalue weighted by Gasteiger charge is -2.58. The van der Waals surface area contributed by atoms with Gasteiger partial charge >= 0.3 is 0 Å². The Balaban J connectivity index is 2.00. The molecule has 0 heterocycles. The smallest absolute Gasteiger partial charge is 0.193 e. The van der Waals surface area contributed by atoms with Gasteiger partial charge < -0.3 is 4.74 Å². The maximum absolute atomic E-state index is 18.3. The molecule has 0 saturated carbocycles. The largest absolute Gasteiger partial charge is 0.366 e. The summed E-state index contributed by atoms with van der Waals surface area (Å²) >= 11 is 11.0. The molecule has 5 rings (SSSR count). The quantitative estimate of drug-likeness (QED) is 0.220. The van der Waals surface area contributed by atoms with Gasteiger partial charge in [-0.15, -0.1) is 0 Å². The fraction of sp³-hybridized carbons (Fsp3) is 0.161. The predicted octanol–water partition coefficient (Wildman–Crippen LogP) is 8.69. The molecular weight excluding hydrogens is 542 g/mol. The standard InChI is InChI=1S/C31H24BrClF2O/c1-36-30(24-18-10-4-11-19-24)27(33)26(22-14-6-2-7-15-22)28(34)29(35,23-16-8-3-9-17-23)31(30,32)25-20-12-5-13-21-25/h2-21,28H,1H3. The number of halogens is 4. The normalized spacial score (nSPS) is 28.2. The van der Waals surface area contributed by atoms with E-state index in [9.17, 15) is 0 Å². The van der Waals surface area contributed by atoms with Gasteiger partial charge in [-0.25, -0.2) is 8.78 Å². The van der Waals surface area contributed by atoms with E-state index in [1.54, 1.807) is 78.9 Å². The predicted molar refractivity (Wildman–Crippen MR) is 146 cm³/mol. The minimum Gasteiger partial charge on any atom is -0.366 e. The molecule has 0 aliphatic heterocycles. The van der Waals surface area contributed by atoms with Gasteiger partial charge in [-0.05, 0) is 22.3 Å². The lowest BCUT2D eigenvalue weighted by Crippen LogP contribution is -2.64. The van der Waals surface area contributed by atoms with Crippen molar-refractivity contribution in [1.29, 1.82) is 0 Å². The average Bonchev–Trinajstić information content (AvgIpc) is 2.94. The zero-order chi connectivity index (χ0) is 25.4. The molecule has 0 bridgehead atoms. The summed E-state index contributed by atoms with van der Waals surface area (Å²) in [5.41, 5.74) is -2.45. The zero-order valence-corrected chi connectivity index (χ0v) is 21.9. The first-order chi connectivity index (χ1) is 17.4. The molecular formula is C31H24BrClF2O. The van der Waals surface area contributed by atoms with Crippen molar-refractivity contribution in [2.45, 2.75) is 21.8 Å². The molecule has 4 atom stereocenters. The van der Waals surface area contributed by atoms with Gasteiger partial charge in [0.25, 0.3) is 0 Å². The second-order valence-corrected chi connectivity index (χ2v) is 10.4. The summed E-state index contributed by atoms with van der Waals surface area (Å²) in [7, 11) is 1.49. The average molecular weight is 566 g/mol. The Bertz CT molecular complexity index is 1370. The van der Waals surface area contributed by atoms with Crippen molar-refractivity contribution >= 4 is 33.1 Å². The van der Waals surface area contributed by atoms with Gasteiger partial charge in [-0.1, -0.05) is 149 Å². The minimum atomic E-state index is -2.63. The molecule has 4 aromatic carbocycles. The number of rotatable bonds is 5. The van der Waals surface area contributed by atoms with Crippen LogP contribution in [0.1, 0.15) is 22.3 Å². The summed E-state index contributed by atoms with van der Waals surface area (Å²) in [5.74, 6) is 0. The molecule has 1 aliphatic carbocycles. The van der Waals surface area contributed by atoms with Gasteiger partial charge in [-0.2, -0.15) is 0 Å². The highest BCUT2D eigenvalue weighted by molar-refractivity contribution is 9.09. The summed E-state index contributed by atoms with van der Waals surface area (Å²) in [6.45, 7) is 0. The summed E-state index contributed by atoms with van der Waals surface area (Å²) in [6.07, 6.45) is -2.12. The number of alkyl halides is 3. The van der Waals surface area contributed by atoms with Crippen molar-refractivity contribution in [3.8, 4) is 0 Å². The highest BCUT2D eigenvalue weighted by Gasteiger charge is 2.74. The molecule has 36 heavy (non-hydrogen) atoms. The third-order valence-corrected chi connectivity index (χ3v) is 9.13. The Labute approximate surface area is 223 Å². The molecule has 0 amide bonds. The highest BCUT2D eigenvalue weighted by Crippen LogP contribution is 2.70. The lowest BCUT2D eigenvalue weighted by molar-refractivity contribution is -0.101. The first-order valence-electron chi connectivity index (χ1n) is 11.6. The molecule has 4 unspecified atom stereocenters. The summed E-state index contributed by atoms with van der Waals surface area (Å²) in [4.78, 5) is 0. The Morgan fingerprint density at radius 3 is 1.58 bits per heavy atom. The van der Waals surface area contributed by atoms with E-state index in [-0.39, 0.29) is 16.2 Å². The molecule has 1 aliphatic rings. The van der Waals surface area contributed by atoms with Gasteiger partial charge in [-0.3, -0.25) is 0 Å². The van der Waals surface area contributed by atoms with Crippen molar-refractivity contribution in [3.05, 3.63) is 149 Å². The van der Waals surface area contributed by atoms with Crippen molar-refractivity contribution in [2.75, 3.05) is 7.11 Å². The monoisotopic (exact) mass is 564 g/mol. The molecule has 5 heteroatoms. The van der Waals surface area contributed by atoms with Crippen LogP contribution in [0.15, 0.2) is 126 Å². The van der Waals surface area contributed by atoms with Gasteiger partial charge in [0.1, 0.15) is 4.32 Å². The van der Waals surface area contributed by atoms with Gasteiger partial charge in [0.15, 0.2) is 17.4 Å². The molecule has 0 saturated heterocycles. The van der Waals surface area contributed by atoms with Crippen LogP contribution >= 0.6 is 27.5 Å². The fourth-order valence-corrected chi connectivity index (χ4v) is 7.36. The summed E-state index contributed by atoms with van der Waals surface area (Å²) < 4.78 is 39.9. The molecule has 1 nitrogen and oxygen atoms in total. The Hall–Kier alpha value is -2.79. The molecule has 182 valence electrons. The number of benzene rings is 4. The molecule has 0 fully saturated rings. The maximum Gasteiger partial charge on any atom is 0.193 e. The van der Waals surface area contributed by atoms with Crippen molar-refractivity contribution < 1.29 is 13.5 Å². The van der Waals surface area contributed by atoms with Crippen LogP contribution in [0.2, 0.25) is 0 Å². The number of hydrogen-bond acceptors (Lipinski definition) is 1. The number of allylic oxidation sites excluding steroid dienone is 1. The van der Waals surface area contributed by atoms with E-state index in [0.717, 1.165) is 0 Å². The van der Waals surface area contributed by atoms with E-state index < -0.39 is 21.8 Å². The van der Waals surface area contributed by atoms with Crippen LogP contribution < -0.4 is 0 Å². The number of ether oxygens (including phenoxy) is 1. The fourth-order valence-electron chi connectivity index (χ4n) is 5.43. The van der Waals surface area contributed by atoms with Crippen LogP contribution in [0.3, 0.4) is 0 Å². The summed E-state index contributed by atoms with van der Waals surface area (Å²) in [6, 6.07) is 35.5. The highest BCUT2D eigenvalue weighted by atomic mass is 79.9. The van der Waals surface area contributed by atoms with E-state index in [2.05, 4.69) is 15.9 Å². The number of hydrogen-bond donors (Lipinski definition) is 0. The zero-order valence-electron chi connectivity index (χ0n) is 19.5. The SMILES string of the molecule is COC1(c2ccccc2)C(Cl)=C(c2ccccc2)C(F)C(F)(c2ccccc2)C1(Br)c1ccccc1. The van der Waals surface area contributed by atoms with Gasteiger partial charge in [0.2, 0.25) is 0 Å². The second-order valence-electron chi connectivity index (χ2n) is 8.81. The van der Waals surface area contributed by atoms with E-state index >= 15 is 8.78 Å². The molecule has 0 N–H and O–H groups in total. The van der Waals surface area contributed by atoms with E-state index in [4.69, 9.17) is 16.3 Å². The van der Waals surface area contributed by atoms with Crippen molar-refractivity contribution in [1.82, 2.24) is 0 Å². The molecule has 0 spiro atoms. The van der Waals surface area contributed by atoms with Crippen LogP contribution in [-0.2, 0) is 20.3 Å². The van der Waals surface area contributed by atoms with Gasteiger partial charge in [0, 0.05) is 12.7 Å². The van der Waals surface area contributed by atoms with Gasteiger partial charge in [0.05, 0.1) is 5.03 Å². The second kappa shape index (κ2) is 9.59. The van der Waals surface area contributed by atoms with Crippen LogP contribution in [0, 0.1) is 0 Å². The van der Waals surface area contributed by atoms with Crippen LogP contribution in [-0.4, -0.2) is 13.3 Å².